The lowest BCUT2D eigenvalue weighted by molar-refractivity contribution is -0.142. The lowest BCUT2D eigenvalue weighted by Crippen LogP contribution is -2.44. The van der Waals surface area contributed by atoms with Crippen LogP contribution in [0.2, 0.25) is 0 Å². The second kappa shape index (κ2) is 7.56. The third-order valence-electron chi connectivity index (χ3n) is 4.71. The summed E-state index contributed by atoms with van der Waals surface area (Å²) in [7, 11) is 0. The maximum Gasteiger partial charge on any atom is 0.315 e. The summed E-state index contributed by atoms with van der Waals surface area (Å²) in [5, 5.41) is 12.4. The number of aliphatic carboxylic acids is 1. The van der Waals surface area contributed by atoms with E-state index in [1.165, 1.54) is 6.92 Å². The van der Waals surface area contributed by atoms with E-state index in [-0.39, 0.29) is 12.3 Å². The van der Waals surface area contributed by atoms with E-state index in [0.717, 1.165) is 0 Å². The summed E-state index contributed by atoms with van der Waals surface area (Å²) in [4.78, 5) is 39.3. The van der Waals surface area contributed by atoms with Gasteiger partial charge < -0.3 is 15.4 Å². The highest BCUT2D eigenvalue weighted by atomic mass is 16.4. The van der Waals surface area contributed by atoms with Gasteiger partial charge in [-0.2, -0.15) is 0 Å². The van der Waals surface area contributed by atoms with Crippen molar-refractivity contribution in [1.82, 2.24) is 10.3 Å². The van der Waals surface area contributed by atoms with E-state index < -0.39 is 17.3 Å². The van der Waals surface area contributed by atoms with Crippen molar-refractivity contribution in [3.05, 3.63) is 58.4 Å². The third-order valence-corrected chi connectivity index (χ3v) is 4.71. The van der Waals surface area contributed by atoms with E-state index in [9.17, 15) is 19.5 Å². The molecule has 138 valence electrons. The normalized spacial score (nSPS) is 13.1. The Kier molecular flexibility index (Phi) is 5.65. The number of aromatic amines is 1. The van der Waals surface area contributed by atoms with Gasteiger partial charge in [0, 0.05) is 17.8 Å². The monoisotopic (exact) mass is 356 g/mol. The molecular weight excluding hydrogens is 332 g/mol. The fraction of sp³-hybridized carbons (Fsp3) is 0.350. The Morgan fingerprint density at radius 3 is 2.31 bits per heavy atom. The second-order valence-corrected chi connectivity index (χ2v) is 6.57. The van der Waals surface area contributed by atoms with Crippen LogP contribution in [0.4, 0.5) is 0 Å². The van der Waals surface area contributed by atoms with Crippen LogP contribution in [0.15, 0.2) is 30.3 Å². The van der Waals surface area contributed by atoms with E-state index in [2.05, 4.69) is 10.3 Å². The first kappa shape index (κ1) is 19.4. The lowest BCUT2D eigenvalue weighted by atomic mass is 9.82. The van der Waals surface area contributed by atoms with E-state index in [0.29, 0.717) is 34.5 Å². The van der Waals surface area contributed by atoms with Gasteiger partial charge in [-0.25, -0.2) is 0 Å². The van der Waals surface area contributed by atoms with E-state index in [1.807, 2.05) is 13.0 Å². The van der Waals surface area contributed by atoms with Gasteiger partial charge in [0.25, 0.3) is 5.91 Å². The average Bonchev–Trinajstić information content (AvgIpc) is 2.96. The molecule has 0 aliphatic rings. The highest BCUT2D eigenvalue weighted by Gasteiger charge is 2.36. The molecule has 0 saturated heterocycles. The number of carbonyl (C=O) groups excluding carboxylic acids is 2. The highest BCUT2D eigenvalue weighted by Crippen LogP contribution is 2.24. The molecule has 1 amide bonds. The van der Waals surface area contributed by atoms with Crippen LogP contribution in [0.25, 0.3) is 0 Å². The van der Waals surface area contributed by atoms with Gasteiger partial charge in [0.1, 0.15) is 11.1 Å². The summed E-state index contributed by atoms with van der Waals surface area (Å²) in [6, 6.07) is 8.79. The van der Waals surface area contributed by atoms with Crippen LogP contribution >= 0.6 is 0 Å². The lowest BCUT2D eigenvalue weighted by Gasteiger charge is -2.25. The Balaban J connectivity index is 2.29. The summed E-state index contributed by atoms with van der Waals surface area (Å²) in [5.74, 6) is -1.54. The van der Waals surface area contributed by atoms with Gasteiger partial charge in [0.2, 0.25) is 0 Å². The van der Waals surface area contributed by atoms with Crippen molar-refractivity contribution in [3.8, 4) is 0 Å². The maximum absolute atomic E-state index is 12.7. The minimum atomic E-state index is -1.26. The summed E-state index contributed by atoms with van der Waals surface area (Å²) < 4.78 is 0. The van der Waals surface area contributed by atoms with Gasteiger partial charge in [-0.1, -0.05) is 37.3 Å². The number of hydrogen-bond donors (Lipinski definition) is 3. The van der Waals surface area contributed by atoms with Crippen molar-refractivity contribution >= 4 is 17.7 Å². The fourth-order valence-corrected chi connectivity index (χ4v) is 3.15. The van der Waals surface area contributed by atoms with Gasteiger partial charge in [-0.15, -0.1) is 0 Å². The van der Waals surface area contributed by atoms with E-state index in [1.54, 1.807) is 38.1 Å². The van der Waals surface area contributed by atoms with Crippen LogP contribution in [0.1, 0.15) is 58.4 Å². The second-order valence-electron chi connectivity index (χ2n) is 6.57. The largest absolute Gasteiger partial charge is 0.481 e. The molecular formula is C20H24N2O4. The van der Waals surface area contributed by atoms with Gasteiger partial charge in [-0.3, -0.25) is 14.4 Å². The summed E-state index contributed by atoms with van der Waals surface area (Å²) >= 11 is 0. The molecule has 0 saturated carbocycles. The number of aromatic nitrogens is 1. The number of Topliss-reactive ketones (excluding diaryl/α,β-unsaturated/α-hetero) is 1. The SMILES string of the molecule is CCc1c(C(=O)NCC(C)(C(=O)O)c2ccccc2)[nH]c(C)c1C(C)=O. The van der Waals surface area contributed by atoms with E-state index in [4.69, 9.17) is 0 Å². The van der Waals surface area contributed by atoms with Crippen molar-refractivity contribution in [3.63, 3.8) is 0 Å². The first-order valence-corrected chi connectivity index (χ1v) is 8.51. The quantitative estimate of drug-likeness (QED) is 0.664. The molecule has 1 heterocycles. The average molecular weight is 356 g/mol. The zero-order valence-electron chi connectivity index (χ0n) is 15.5. The molecule has 3 N–H and O–H groups in total. The summed E-state index contributed by atoms with van der Waals surface area (Å²) in [5.41, 5.74) is 1.50. The molecule has 0 aliphatic carbocycles. The minimum Gasteiger partial charge on any atom is -0.481 e. The standard InChI is InChI=1S/C20H24N2O4/c1-5-15-16(13(3)23)12(2)22-17(15)18(24)21-11-20(4,19(25)26)14-9-7-6-8-10-14/h6-10,22H,5,11H2,1-4H3,(H,21,24)(H,25,26). The molecule has 2 rings (SSSR count). The number of carboxylic acids is 1. The maximum atomic E-state index is 12.7. The van der Waals surface area contributed by atoms with Crippen LogP contribution in [-0.4, -0.2) is 34.3 Å². The Morgan fingerprint density at radius 1 is 1.19 bits per heavy atom. The number of carboxylic acid groups (broad SMARTS) is 1. The number of amides is 1. The first-order chi connectivity index (χ1) is 12.2. The topological polar surface area (TPSA) is 99.3 Å². The zero-order valence-corrected chi connectivity index (χ0v) is 15.5. The van der Waals surface area contributed by atoms with Gasteiger partial charge >= 0.3 is 5.97 Å². The summed E-state index contributed by atoms with van der Waals surface area (Å²) in [6.07, 6.45) is 0.525. The number of aryl methyl sites for hydroxylation is 1. The molecule has 1 aromatic carbocycles. The predicted molar refractivity (Wildman–Crippen MR) is 98.7 cm³/mol. The van der Waals surface area contributed by atoms with Crippen LogP contribution in [0.3, 0.4) is 0 Å². The highest BCUT2D eigenvalue weighted by molar-refractivity contribution is 6.02. The third kappa shape index (κ3) is 3.54. The van der Waals surface area contributed by atoms with Gasteiger partial charge in [-0.05, 0) is 38.3 Å². The van der Waals surface area contributed by atoms with Crippen molar-refractivity contribution in [2.24, 2.45) is 0 Å². The molecule has 0 radical (unpaired) electrons. The number of benzene rings is 1. The number of carbonyl (C=O) groups is 3. The van der Waals surface area contributed by atoms with Gasteiger partial charge in [0.05, 0.1) is 0 Å². The number of H-pyrrole nitrogens is 1. The van der Waals surface area contributed by atoms with Crippen LogP contribution < -0.4 is 5.32 Å². The molecule has 2 aromatic rings. The number of ketones is 1. The Hall–Kier alpha value is -2.89. The Morgan fingerprint density at radius 2 is 1.81 bits per heavy atom. The van der Waals surface area contributed by atoms with Crippen LogP contribution in [0, 0.1) is 6.92 Å². The van der Waals surface area contributed by atoms with Crippen LogP contribution in [0.5, 0.6) is 0 Å². The molecule has 1 atom stereocenters. The molecule has 0 aliphatic heterocycles. The molecule has 6 nitrogen and oxygen atoms in total. The van der Waals surface area contributed by atoms with E-state index >= 15 is 0 Å². The zero-order chi connectivity index (χ0) is 19.5. The van der Waals surface area contributed by atoms with Crippen LogP contribution in [-0.2, 0) is 16.6 Å². The van der Waals surface area contributed by atoms with Crippen molar-refractivity contribution < 1.29 is 19.5 Å². The van der Waals surface area contributed by atoms with Crippen molar-refractivity contribution in [2.45, 2.75) is 39.5 Å². The molecule has 0 spiro atoms. The Labute approximate surface area is 152 Å². The smallest absolute Gasteiger partial charge is 0.315 e. The number of hydrogen-bond acceptors (Lipinski definition) is 3. The predicted octanol–water partition coefficient (Wildman–Crippen LogP) is 2.86. The number of rotatable bonds is 7. The van der Waals surface area contributed by atoms with Crippen molar-refractivity contribution in [2.75, 3.05) is 6.54 Å². The molecule has 6 heteroatoms. The van der Waals surface area contributed by atoms with Crippen molar-refractivity contribution in [1.29, 1.82) is 0 Å². The molecule has 0 fully saturated rings. The molecule has 0 bridgehead atoms. The molecule has 26 heavy (non-hydrogen) atoms. The number of nitrogens with one attached hydrogen (secondary N) is 2. The van der Waals surface area contributed by atoms with Gasteiger partial charge in [0.15, 0.2) is 5.78 Å². The first-order valence-electron chi connectivity index (χ1n) is 8.51. The fourth-order valence-electron chi connectivity index (χ4n) is 3.15. The summed E-state index contributed by atoms with van der Waals surface area (Å²) in [6.45, 7) is 6.59. The Bertz CT molecular complexity index is 839. The molecule has 1 unspecified atom stereocenters. The molecule has 1 aromatic heterocycles. The minimum absolute atomic E-state index is 0.0677.